The smallest absolute Gasteiger partial charge is 0.352 e. The van der Waals surface area contributed by atoms with Crippen molar-refractivity contribution in [2.75, 3.05) is 48.0 Å². The zero-order valence-corrected chi connectivity index (χ0v) is 31.9. The van der Waals surface area contributed by atoms with Gasteiger partial charge >= 0.3 is 11.9 Å². The zero-order valence-electron chi connectivity index (χ0n) is 31.0. The first-order valence-electron chi connectivity index (χ1n) is 18.5. The number of rotatable bonds is 10. The number of fused-ring (bicyclic) bond motifs is 7. The Morgan fingerprint density at radius 2 is 1.47 bits per heavy atom. The Hall–Kier alpha value is -6.87. The molecular weight excluding hydrogens is 745 g/mol. The molecule has 0 fully saturated rings. The van der Waals surface area contributed by atoms with Gasteiger partial charge in [0, 0.05) is 78.0 Å². The number of nitrogens with one attached hydrogen (secondary N) is 2. The first-order chi connectivity index (χ1) is 27.6. The molecule has 286 valence electrons. The monoisotopic (exact) mass is 780 g/mol. The molecule has 57 heavy (non-hydrogen) atoms. The number of esters is 1. The molecule has 0 aliphatic carbocycles. The average Bonchev–Trinajstić information content (AvgIpc) is 4.05. The third-order valence-electron chi connectivity index (χ3n) is 10.6. The number of hydrogen-bond donors (Lipinski definition) is 3. The molecule has 2 aliphatic heterocycles. The summed E-state index contributed by atoms with van der Waals surface area (Å²) in [6, 6.07) is 24.2. The Kier molecular flexibility index (Phi) is 9.00. The topological polar surface area (TPSA) is 177 Å². The second-order valence-electron chi connectivity index (χ2n) is 14.1. The minimum atomic E-state index is -1.03. The lowest BCUT2D eigenvalue weighted by atomic mass is 10.1. The number of aromatic carboxylic acids is 1. The van der Waals surface area contributed by atoms with Crippen molar-refractivity contribution in [3.05, 3.63) is 107 Å². The van der Waals surface area contributed by atoms with Crippen LogP contribution in [0.5, 0.6) is 0 Å². The number of carboxylic acids is 1. The van der Waals surface area contributed by atoms with Gasteiger partial charge in [0.2, 0.25) is 5.13 Å². The molecule has 7 aromatic rings. The second kappa shape index (κ2) is 14.3. The van der Waals surface area contributed by atoms with Crippen molar-refractivity contribution in [2.24, 2.45) is 10.2 Å². The third-order valence-corrected chi connectivity index (χ3v) is 11.5. The number of nitrogens with zero attached hydrogens (tertiary/aromatic N) is 6. The lowest BCUT2D eigenvalue weighted by molar-refractivity contribution is -0.140. The van der Waals surface area contributed by atoms with Crippen LogP contribution < -0.4 is 14.7 Å². The van der Waals surface area contributed by atoms with Crippen LogP contribution in [0.1, 0.15) is 55.8 Å². The van der Waals surface area contributed by atoms with Crippen LogP contribution in [-0.2, 0) is 22.4 Å². The maximum absolute atomic E-state index is 14.0. The van der Waals surface area contributed by atoms with Crippen LogP contribution in [0.25, 0.3) is 32.0 Å². The molecule has 0 atom stereocenters. The van der Waals surface area contributed by atoms with Gasteiger partial charge in [0.15, 0.2) is 0 Å². The Morgan fingerprint density at radius 3 is 2.14 bits per heavy atom. The maximum Gasteiger partial charge on any atom is 0.352 e. The predicted molar refractivity (Wildman–Crippen MR) is 219 cm³/mol. The fourth-order valence-electron chi connectivity index (χ4n) is 7.79. The van der Waals surface area contributed by atoms with E-state index in [4.69, 9.17) is 4.74 Å². The van der Waals surface area contributed by atoms with Gasteiger partial charge in [-0.15, -0.1) is 10.2 Å². The van der Waals surface area contributed by atoms with Crippen LogP contribution in [-0.4, -0.2) is 77.1 Å². The van der Waals surface area contributed by atoms with Crippen molar-refractivity contribution < 1.29 is 29.0 Å². The van der Waals surface area contributed by atoms with Gasteiger partial charge in [-0.2, -0.15) is 0 Å². The van der Waals surface area contributed by atoms with Crippen LogP contribution in [0, 0.1) is 0 Å². The summed E-state index contributed by atoms with van der Waals surface area (Å²) in [6.07, 6.45) is 2.00. The van der Waals surface area contributed by atoms with Crippen molar-refractivity contribution in [1.82, 2.24) is 15.0 Å². The van der Waals surface area contributed by atoms with Gasteiger partial charge in [-0.1, -0.05) is 11.3 Å². The fraction of sp³-hybridized carbons (Fsp3) is 0.214. The number of carbonyl (C=O) groups is 4. The molecule has 2 amide bonds. The highest BCUT2D eigenvalue weighted by Crippen LogP contribution is 2.39. The van der Waals surface area contributed by atoms with E-state index >= 15 is 0 Å². The molecule has 0 radical (unpaired) electrons. The summed E-state index contributed by atoms with van der Waals surface area (Å²) in [5.74, 6) is -1.59. The maximum atomic E-state index is 14.0. The second-order valence-corrected chi connectivity index (χ2v) is 15.2. The van der Waals surface area contributed by atoms with E-state index in [-0.39, 0.29) is 23.5 Å². The highest BCUT2D eigenvalue weighted by atomic mass is 32.1. The number of hydrogen-bond acceptors (Lipinski definition) is 10. The van der Waals surface area contributed by atoms with Gasteiger partial charge in [0.25, 0.3) is 11.8 Å². The standard InChI is InChI=1S/C42H36N8O6S/c1-23(51)56-19-3-16-48(2)26-7-5-25(6-8-26)46-47-42-45-33-9-4-24(20-38(33)57-42)39(52)49-17-14-27-29-21-34(43-31(29)10-12-36(27)49)40(53)50-18-15-28-30-22-35(41(54)55)44-32(30)11-13-37(28)50/h4-13,20-22,43-44H,3,14-19H2,1-2H3,(H,54,55)/b47-46+. The molecule has 3 N–H and O–H groups in total. The summed E-state index contributed by atoms with van der Waals surface area (Å²) in [5, 5.41) is 20.4. The Labute approximate surface area is 329 Å². The summed E-state index contributed by atoms with van der Waals surface area (Å²) in [4.78, 5) is 66.8. The van der Waals surface area contributed by atoms with E-state index < -0.39 is 5.97 Å². The Balaban J connectivity index is 0.887. The lowest BCUT2D eigenvalue weighted by Gasteiger charge is -2.19. The number of aromatic nitrogens is 3. The number of H-pyrrole nitrogens is 2. The van der Waals surface area contributed by atoms with Gasteiger partial charge in [-0.3, -0.25) is 14.4 Å². The van der Waals surface area contributed by atoms with Crippen LogP contribution in [0.15, 0.2) is 89.1 Å². The molecular formula is C42H36N8O6S. The van der Waals surface area contributed by atoms with Gasteiger partial charge in [0.1, 0.15) is 11.4 Å². The van der Waals surface area contributed by atoms with Crippen LogP contribution >= 0.6 is 11.3 Å². The van der Waals surface area contributed by atoms with E-state index in [2.05, 4.69) is 30.1 Å². The number of azo groups is 1. The third kappa shape index (κ3) is 6.65. The molecule has 15 heteroatoms. The quantitative estimate of drug-likeness (QED) is 0.0707. The minimum Gasteiger partial charge on any atom is -0.477 e. The summed E-state index contributed by atoms with van der Waals surface area (Å²) in [5.41, 5.74) is 8.64. The highest BCUT2D eigenvalue weighted by molar-refractivity contribution is 7.21. The van der Waals surface area contributed by atoms with Gasteiger partial charge in [0.05, 0.1) is 22.5 Å². The van der Waals surface area contributed by atoms with Crippen LogP contribution in [0.3, 0.4) is 0 Å². The summed E-state index contributed by atoms with van der Waals surface area (Å²) in [6.45, 7) is 3.53. The van der Waals surface area contributed by atoms with Crippen molar-refractivity contribution >= 4 is 95.0 Å². The van der Waals surface area contributed by atoms with E-state index in [0.29, 0.717) is 54.6 Å². The molecule has 9 rings (SSSR count). The molecule has 0 saturated carbocycles. The van der Waals surface area contributed by atoms with Crippen LogP contribution in [0.2, 0.25) is 0 Å². The van der Waals surface area contributed by atoms with E-state index in [1.165, 1.54) is 18.3 Å². The zero-order chi connectivity index (χ0) is 39.4. The van der Waals surface area contributed by atoms with Gasteiger partial charge in [-0.25, -0.2) is 9.78 Å². The molecule has 4 aromatic carbocycles. The Morgan fingerprint density at radius 1 is 0.825 bits per heavy atom. The Bertz CT molecular complexity index is 2800. The molecule has 0 saturated heterocycles. The summed E-state index contributed by atoms with van der Waals surface area (Å²) >= 11 is 1.36. The number of anilines is 3. The van der Waals surface area contributed by atoms with Crippen molar-refractivity contribution in [3.63, 3.8) is 0 Å². The number of amides is 2. The normalized spacial score (nSPS) is 13.6. The number of ether oxygens (including phenoxy) is 1. The van der Waals surface area contributed by atoms with Crippen molar-refractivity contribution in [2.45, 2.75) is 26.2 Å². The number of aromatic amines is 2. The van der Waals surface area contributed by atoms with Crippen molar-refractivity contribution in [1.29, 1.82) is 0 Å². The number of thiazole rings is 1. The molecule has 0 spiro atoms. The number of carbonyl (C=O) groups excluding carboxylic acids is 3. The number of carboxylic acid groups (broad SMARTS) is 1. The van der Waals surface area contributed by atoms with Gasteiger partial charge < -0.3 is 34.5 Å². The predicted octanol–water partition coefficient (Wildman–Crippen LogP) is 8.17. The van der Waals surface area contributed by atoms with Crippen LogP contribution in [0.4, 0.5) is 27.9 Å². The van der Waals surface area contributed by atoms with Crippen molar-refractivity contribution in [3.8, 4) is 0 Å². The van der Waals surface area contributed by atoms with E-state index in [9.17, 15) is 24.3 Å². The number of benzene rings is 4. The SMILES string of the molecule is CC(=O)OCCCN(C)c1ccc(/N=N/c2nc3ccc(C(=O)N4CCc5c4ccc4[nH]c(C(=O)N6CCc7c6ccc6[nH]c(C(=O)O)cc76)cc54)cc3s2)cc1. The van der Waals surface area contributed by atoms with Gasteiger partial charge in [-0.05, 0) is 109 Å². The van der Waals surface area contributed by atoms with E-state index in [0.717, 1.165) is 73.2 Å². The first kappa shape index (κ1) is 35.8. The molecule has 0 bridgehead atoms. The summed E-state index contributed by atoms with van der Waals surface area (Å²) in [7, 11) is 1.98. The molecule has 0 unspecified atom stereocenters. The van der Waals surface area contributed by atoms with E-state index in [1.807, 2.05) is 73.8 Å². The minimum absolute atomic E-state index is 0.118. The molecule has 2 aliphatic rings. The highest BCUT2D eigenvalue weighted by Gasteiger charge is 2.31. The average molecular weight is 781 g/mol. The molecule has 3 aromatic heterocycles. The summed E-state index contributed by atoms with van der Waals surface area (Å²) < 4.78 is 5.84. The fourth-order valence-corrected chi connectivity index (χ4v) is 8.61. The van der Waals surface area contributed by atoms with E-state index in [1.54, 1.807) is 21.9 Å². The molecule has 14 nitrogen and oxygen atoms in total. The first-order valence-corrected chi connectivity index (χ1v) is 19.4. The largest absolute Gasteiger partial charge is 0.477 e. The lowest BCUT2D eigenvalue weighted by Crippen LogP contribution is -2.29. The molecule has 5 heterocycles.